The van der Waals surface area contributed by atoms with E-state index in [4.69, 9.17) is 21.6 Å². The summed E-state index contributed by atoms with van der Waals surface area (Å²) in [6.45, 7) is 0.100. The third-order valence-corrected chi connectivity index (χ3v) is 4.30. The summed E-state index contributed by atoms with van der Waals surface area (Å²) in [5, 5.41) is 18.1. The molecular weight excluding hydrogens is 354 g/mol. The van der Waals surface area contributed by atoms with Crippen LogP contribution in [0.25, 0.3) is 0 Å². The van der Waals surface area contributed by atoms with Crippen molar-refractivity contribution in [1.29, 1.82) is 5.26 Å². The highest BCUT2D eigenvalue weighted by atomic mass is 35.5. The standard InChI is InChI=1S/C14H10ClF4N3O2/c15-9-6(5-20)1-2-7(10(9)16)21-13-22-4-3-8(23)11(22)12(24-13)14(17,18)19/h1-2,8,11-12,23H,3-4H2/b21-13-/t8?,11-,12?/m0/s1. The van der Waals surface area contributed by atoms with Crippen molar-refractivity contribution >= 4 is 23.3 Å². The molecule has 0 spiro atoms. The van der Waals surface area contributed by atoms with Crippen LogP contribution < -0.4 is 0 Å². The number of aliphatic imine (C=N–C) groups is 1. The zero-order valence-corrected chi connectivity index (χ0v) is 12.6. The monoisotopic (exact) mass is 363 g/mol. The third-order valence-electron chi connectivity index (χ3n) is 3.93. The molecule has 2 unspecified atom stereocenters. The molecule has 24 heavy (non-hydrogen) atoms. The van der Waals surface area contributed by atoms with Crippen LogP contribution in [0.4, 0.5) is 23.2 Å². The van der Waals surface area contributed by atoms with Gasteiger partial charge in [-0.25, -0.2) is 4.39 Å². The van der Waals surface area contributed by atoms with Crippen molar-refractivity contribution in [2.24, 2.45) is 4.99 Å². The van der Waals surface area contributed by atoms with E-state index in [1.807, 2.05) is 0 Å². The van der Waals surface area contributed by atoms with Crippen LogP contribution in [0.2, 0.25) is 5.02 Å². The first kappa shape index (κ1) is 16.8. The van der Waals surface area contributed by atoms with Crippen LogP contribution in [0.15, 0.2) is 17.1 Å². The van der Waals surface area contributed by atoms with Crippen LogP contribution in [-0.4, -0.2) is 47.0 Å². The number of fused-ring (bicyclic) bond motifs is 1. The lowest BCUT2D eigenvalue weighted by molar-refractivity contribution is -0.203. The van der Waals surface area contributed by atoms with E-state index >= 15 is 0 Å². The summed E-state index contributed by atoms with van der Waals surface area (Å²) in [6.07, 6.45) is -8.05. The minimum absolute atomic E-state index is 0.100. The van der Waals surface area contributed by atoms with Gasteiger partial charge in [0, 0.05) is 6.54 Å². The average molecular weight is 364 g/mol. The first-order valence-corrected chi connectivity index (χ1v) is 7.26. The normalized spacial score (nSPS) is 28.0. The Bertz CT molecular complexity index is 747. The molecule has 128 valence electrons. The molecule has 3 atom stereocenters. The first-order chi connectivity index (χ1) is 11.2. The van der Waals surface area contributed by atoms with Crippen molar-refractivity contribution in [2.75, 3.05) is 6.54 Å². The number of hydrogen-bond acceptors (Lipinski definition) is 4. The molecule has 2 fully saturated rings. The molecule has 1 N–H and O–H groups in total. The minimum Gasteiger partial charge on any atom is -0.450 e. The molecule has 0 amide bonds. The predicted molar refractivity (Wildman–Crippen MR) is 75.3 cm³/mol. The van der Waals surface area contributed by atoms with Gasteiger partial charge in [0.05, 0.1) is 16.7 Å². The van der Waals surface area contributed by atoms with Gasteiger partial charge in [0.1, 0.15) is 17.8 Å². The smallest absolute Gasteiger partial charge is 0.427 e. The number of benzene rings is 1. The van der Waals surface area contributed by atoms with Crippen molar-refractivity contribution in [2.45, 2.75) is 30.8 Å². The van der Waals surface area contributed by atoms with Crippen molar-refractivity contribution < 1.29 is 27.4 Å². The average Bonchev–Trinajstić information content (AvgIpc) is 3.06. The van der Waals surface area contributed by atoms with Crippen LogP contribution in [0.3, 0.4) is 0 Å². The van der Waals surface area contributed by atoms with E-state index in [1.54, 1.807) is 6.07 Å². The van der Waals surface area contributed by atoms with Gasteiger partial charge in [-0.2, -0.15) is 23.4 Å². The lowest BCUT2D eigenvalue weighted by atomic mass is 10.1. The van der Waals surface area contributed by atoms with E-state index in [0.29, 0.717) is 0 Å². The largest absolute Gasteiger partial charge is 0.450 e. The lowest BCUT2D eigenvalue weighted by Gasteiger charge is -2.21. The lowest BCUT2D eigenvalue weighted by Crippen LogP contribution is -2.45. The molecule has 2 aliphatic heterocycles. The van der Waals surface area contributed by atoms with Gasteiger partial charge < -0.3 is 14.7 Å². The molecule has 2 aliphatic rings. The summed E-state index contributed by atoms with van der Waals surface area (Å²) in [5.41, 5.74) is -0.468. The maximum Gasteiger partial charge on any atom is 0.427 e. The number of hydrogen-bond donors (Lipinski definition) is 1. The molecule has 0 radical (unpaired) electrons. The Morgan fingerprint density at radius 1 is 1.42 bits per heavy atom. The second-order valence-electron chi connectivity index (χ2n) is 5.39. The maximum atomic E-state index is 14.1. The summed E-state index contributed by atoms with van der Waals surface area (Å²) in [6, 6.07) is 2.26. The topological polar surface area (TPSA) is 68.8 Å². The Labute approximate surface area is 138 Å². The second-order valence-corrected chi connectivity index (χ2v) is 5.76. The Morgan fingerprint density at radius 2 is 2.12 bits per heavy atom. The summed E-state index contributed by atoms with van der Waals surface area (Å²) >= 11 is 5.68. The highest BCUT2D eigenvalue weighted by Gasteiger charge is 2.59. The number of rotatable bonds is 1. The molecule has 0 aliphatic carbocycles. The number of aliphatic hydroxyl groups excluding tert-OH is 1. The SMILES string of the molecule is N#Cc1ccc(/N=C2\OC(C(F)(F)F)[C@@H]3C(O)CCN23)c(F)c1Cl. The van der Waals surface area contributed by atoms with Crippen LogP contribution >= 0.6 is 11.6 Å². The number of amidine groups is 1. The van der Waals surface area contributed by atoms with Gasteiger partial charge in [-0.1, -0.05) is 11.6 Å². The van der Waals surface area contributed by atoms with Crippen molar-refractivity contribution in [3.8, 4) is 6.07 Å². The molecule has 0 bridgehead atoms. The summed E-state index contributed by atoms with van der Waals surface area (Å²) in [4.78, 5) is 4.94. The van der Waals surface area contributed by atoms with Crippen molar-refractivity contribution in [1.82, 2.24) is 4.90 Å². The van der Waals surface area contributed by atoms with E-state index < -0.39 is 41.3 Å². The van der Waals surface area contributed by atoms with Gasteiger partial charge in [-0.15, -0.1) is 0 Å². The molecule has 1 aromatic carbocycles. The van der Waals surface area contributed by atoms with E-state index in [2.05, 4.69) is 4.99 Å². The van der Waals surface area contributed by atoms with E-state index in [-0.39, 0.29) is 24.2 Å². The number of aliphatic hydroxyl groups is 1. The Balaban J connectivity index is 2.00. The highest BCUT2D eigenvalue weighted by molar-refractivity contribution is 6.32. The molecule has 5 nitrogen and oxygen atoms in total. The van der Waals surface area contributed by atoms with Gasteiger partial charge in [0.2, 0.25) is 6.10 Å². The quantitative estimate of drug-likeness (QED) is 0.779. The van der Waals surface area contributed by atoms with Gasteiger partial charge in [0.25, 0.3) is 6.02 Å². The summed E-state index contributed by atoms with van der Waals surface area (Å²) < 4.78 is 58.2. The maximum absolute atomic E-state index is 14.1. The fraction of sp³-hybridized carbons (Fsp3) is 0.429. The molecule has 0 saturated carbocycles. The molecular formula is C14H10ClF4N3O2. The molecule has 2 heterocycles. The summed E-state index contributed by atoms with van der Waals surface area (Å²) in [5.74, 6) is -1.03. The number of ether oxygens (including phenoxy) is 1. The van der Waals surface area contributed by atoms with E-state index in [1.165, 1.54) is 6.07 Å². The molecule has 0 aromatic heterocycles. The van der Waals surface area contributed by atoms with Crippen molar-refractivity contribution in [3.05, 3.63) is 28.5 Å². The number of nitrogens with zero attached hydrogens (tertiary/aromatic N) is 3. The molecule has 3 rings (SSSR count). The summed E-state index contributed by atoms with van der Waals surface area (Å²) in [7, 11) is 0. The molecule has 1 aromatic rings. The molecule has 10 heteroatoms. The van der Waals surface area contributed by atoms with E-state index in [9.17, 15) is 22.7 Å². The number of halogens is 5. The second kappa shape index (κ2) is 5.79. The number of nitriles is 1. The fourth-order valence-electron chi connectivity index (χ4n) is 2.80. The third kappa shape index (κ3) is 2.65. The van der Waals surface area contributed by atoms with Gasteiger partial charge in [0.15, 0.2) is 5.82 Å². The van der Waals surface area contributed by atoms with Gasteiger partial charge >= 0.3 is 6.18 Å². The van der Waals surface area contributed by atoms with Gasteiger partial charge in [-0.05, 0) is 18.6 Å². The fourth-order valence-corrected chi connectivity index (χ4v) is 3.01. The van der Waals surface area contributed by atoms with Crippen LogP contribution in [0, 0.1) is 17.1 Å². The molecule has 2 saturated heterocycles. The number of alkyl halides is 3. The van der Waals surface area contributed by atoms with Crippen LogP contribution in [0.5, 0.6) is 0 Å². The minimum atomic E-state index is -4.70. The van der Waals surface area contributed by atoms with Gasteiger partial charge in [-0.3, -0.25) is 0 Å². The Morgan fingerprint density at radius 3 is 2.75 bits per heavy atom. The van der Waals surface area contributed by atoms with Crippen LogP contribution in [0.1, 0.15) is 12.0 Å². The highest BCUT2D eigenvalue weighted by Crippen LogP contribution is 2.39. The predicted octanol–water partition coefficient (Wildman–Crippen LogP) is 2.73. The first-order valence-electron chi connectivity index (χ1n) is 6.89. The Hall–Kier alpha value is -2.05. The zero-order valence-electron chi connectivity index (χ0n) is 11.9. The van der Waals surface area contributed by atoms with E-state index in [0.717, 1.165) is 11.0 Å². The van der Waals surface area contributed by atoms with Crippen LogP contribution in [-0.2, 0) is 4.74 Å². The van der Waals surface area contributed by atoms with Crippen molar-refractivity contribution in [3.63, 3.8) is 0 Å². The zero-order chi connectivity index (χ0) is 17.6. The Kier molecular flexibility index (Phi) is 4.05.